The molecule has 0 aliphatic carbocycles. The summed E-state index contributed by atoms with van der Waals surface area (Å²) >= 11 is 0. The molecule has 2 aromatic carbocycles. The highest BCUT2D eigenvalue weighted by Crippen LogP contribution is 2.29. The van der Waals surface area contributed by atoms with Crippen molar-refractivity contribution < 1.29 is 9.90 Å². The number of phenolic OH excluding ortho intramolecular Hbond substituents is 1. The lowest BCUT2D eigenvalue weighted by molar-refractivity contribution is -0.116. The van der Waals surface area contributed by atoms with Crippen LogP contribution in [0.1, 0.15) is 12.8 Å². The van der Waals surface area contributed by atoms with Crippen molar-refractivity contribution in [3.63, 3.8) is 0 Å². The molecule has 4 heteroatoms. The van der Waals surface area contributed by atoms with Crippen LogP contribution in [0.15, 0.2) is 36.4 Å². The van der Waals surface area contributed by atoms with Gasteiger partial charge in [0.2, 0.25) is 5.91 Å². The molecule has 0 radical (unpaired) electrons. The Morgan fingerprint density at radius 2 is 1.89 bits per heavy atom. The zero-order valence-electron chi connectivity index (χ0n) is 10.9. The van der Waals surface area contributed by atoms with E-state index >= 15 is 0 Å². The Bertz CT molecular complexity index is 581. The number of anilines is 1. The Kier molecular flexibility index (Phi) is 4.36. The smallest absolute Gasteiger partial charge is 0.224 e. The fourth-order valence-electron chi connectivity index (χ4n) is 2.04. The zero-order chi connectivity index (χ0) is 13.7. The van der Waals surface area contributed by atoms with Crippen molar-refractivity contribution in [2.24, 2.45) is 0 Å². The number of nitrogens with one attached hydrogen (secondary N) is 2. The van der Waals surface area contributed by atoms with Crippen molar-refractivity contribution in [2.45, 2.75) is 12.8 Å². The number of aromatic hydroxyl groups is 1. The monoisotopic (exact) mass is 258 g/mol. The lowest BCUT2D eigenvalue weighted by Gasteiger charge is -2.09. The fourth-order valence-corrected chi connectivity index (χ4v) is 2.04. The zero-order valence-corrected chi connectivity index (χ0v) is 10.9. The van der Waals surface area contributed by atoms with E-state index in [0.29, 0.717) is 6.42 Å². The summed E-state index contributed by atoms with van der Waals surface area (Å²) in [6.45, 7) is 0.823. The summed E-state index contributed by atoms with van der Waals surface area (Å²) in [5, 5.41) is 17.3. The molecule has 0 aliphatic rings. The molecule has 3 N–H and O–H groups in total. The highest BCUT2D eigenvalue weighted by Gasteiger charge is 2.07. The van der Waals surface area contributed by atoms with Crippen LogP contribution in [0.5, 0.6) is 5.75 Å². The van der Waals surface area contributed by atoms with Crippen LogP contribution in [0.2, 0.25) is 0 Å². The number of hydrogen-bond acceptors (Lipinski definition) is 3. The highest BCUT2D eigenvalue weighted by atomic mass is 16.3. The molecule has 0 aromatic heterocycles. The number of hydrogen-bond donors (Lipinski definition) is 3. The summed E-state index contributed by atoms with van der Waals surface area (Å²) < 4.78 is 0. The fraction of sp³-hybridized carbons (Fsp3) is 0.267. The minimum atomic E-state index is -0.00825. The lowest BCUT2D eigenvalue weighted by Crippen LogP contribution is -2.15. The van der Waals surface area contributed by atoms with Gasteiger partial charge in [-0.05, 0) is 32.1 Å². The average molecular weight is 258 g/mol. The molecule has 0 atom stereocenters. The topological polar surface area (TPSA) is 61.4 Å². The van der Waals surface area contributed by atoms with E-state index < -0.39 is 0 Å². The van der Waals surface area contributed by atoms with Gasteiger partial charge in [0.15, 0.2) is 0 Å². The number of fused-ring (bicyclic) bond motifs is 1. The van der Waals surface area contributed by atoms with E-state index in [-0.39, 0.29) is 11.7 Å². The minimum Gasteiger partial charge on any atom is -0.507 e. The molecule has 0 fully saturated rings. The first-order chi connectivity index (χ1) is 9.22. The van der Waals surface area contributed by atoms with Gasteiger partial charge < -0.3 is 15.7 Å². The molecule has 0 spiro atoms. The normalized spacial score (nSPS) is 10.6. The van der Waals surface area contributed by atoms with Crippen LogP contribution < -0.4 is 10.6 Å². The molecule has 0 aliphatic heterocycles. The summed E-state index contributed by atoms with van der Waals surface area (Å²) in [5.74, 6) is 0.217. The van der Waals surface area contributed by atoms with Gasteiger partial charge in [0, 0.05) is 22.9 Å². The van der Waals surface area contributed by atoms with Gasteiger partial charge in [-0.2, -0.15) is 0 Å². The Morgan fingerprint density at radius 1 is 1.16 bits per heavy atom. The maximum Gasteiger partial charge on any atom is 0.224 e. The van der Waals surface area contributed by atoms with Crippen molar-refractivity contribution in [3.8, 4) is 5.75 Å². The maximum absolute atomic E-state index is 11.8. The predicted molar refractivity (Wildman–Crippen MR) is 77.4 cm³/mol. The first-order valence-electron chi connectivity index (χ1n) is 6.37. The summed E-state index contributed by atoms with van der Waals surface area (Å²) in [6, 6.07) is 10.8. The van der Waals surface area contributed by atoms with E-state index in [2.05, 4.69) is 10.6 Å². The van der Waals surface area contributed by atoms with Gasteiger partial charge in [0.25, 0.3) is 0 Å². The second-order valence-corrected chi connectivity index (χ2v) is 4.43. The molecule has 2 aromatic rings. The van der Waals surface area contributed by atoms with E-state index in [1.807, 2.05) is 31.3 Å². The molecule has 0 saturated heterocycles. The first-order valence-corrected chi connectivity index (χ1v) is 6.37. The van der Waals surface area contributed by atoms with Crippen LogP contribution >= 0.6 is 0 Å². The number of phenols is 1. The lowest BCUT2D eigenvalue weighted by atomic mass is 10.1. The van der Waals surface area contributed by atoms with Gasteiger partial charge >= 0.3 is 0 Å². The van der Waals surface area contributed by atoms with Crippen LogP contribution in [0, 0.1) is 0 Å². The molecule has 19 heavy (non-hydrogen) atoms. The summed E-state index contributed by atoms with van der Waals surface area (Å²) in [4.78, 5) is 11.8. The number of carbonyl (C=O) groups excluding carboxylic acids is 1. The quantitative estimate of drug-likeness (QED) is 0.722. The van der Waals surface area contributed by atoms with Crippen LogP contribution in [-0.4, -0.2) is 24.6 Å². The second kappa shape index (κ2) is 6.20. The number of benzene rings is 2. The van der Waals surface area contributed by atoms with Gasteiger partial charge in [-0.3, -0.25) is 4.79 Å². The van der Waals surface area contributed by atoms with Crippen molar-refractivity contribution in [2.75, 3.05) is 18.9 Å². The summed E-state index contributed by atoms with van der Waals surface area (Å²) in [5.41, 5.74) is 0.739. The van der Waals surface area contributed by atoms with Crippen LogP contribution in [0.3, 0.4) is 0 Å². The molecular weight excluding hydrogens is 240 g/mol. The second-order valence-electron chi connectivity index (χ2n) is 4.43. The van der Waals surface area contributed by atoms with Crippen LogP contribution in [0.4, 0.5) is 5.69 Å². The van der Waals surface area contributed by atoms with E-state index in [9.17, 15) is 9.90 Å². The van der Waals surface area contributed by atoms with E-state index in [0.717, 1.165) is 29.4 Å². The van der Waals surface area contributed by atoms with Crippen molar-refractivity contribution >= 4 is 22.4 Å². The predicted octanol–water partition coefficient (Wildman–Crippen LogP) is 2.48. The van der Waals surface area contributed by atoms with E-state index in [1.54, 1.807) is 12.1 Å². The van der Waals surface area contributed by atoms with Crippen molar-refractivity contribution in [3.05, 3.63) is 36.4 Å². The number of carbonyl (C=O) groups is 1. The third-order valence-corrected chi connectivity index (χ3v) is 3.00. The standard InChI is InChI=1S/C15H18N2O2/c1-16-10-4-9-15(19)17-13-7-2-6-12-11(13)5-3-8-14(12)18/h2-3,5-8,16,18H,4,9-10H2,1H3,(H,17,19). The molecule has 4 nitrogen and oxygen atoms in total. The van der Waals surface area contributed by atoms with Gasteiger partial charge in [-0.25, -0.2) is 0 Å². The molecule has 0 unspecified atom stereocenters. The van der Waals surface area contributed by atoms with E-state index in [4.69, 9.17) is 0 Å². The Hall–Kier alpha value is -2.07. The Labute approximate surface area is 112 Å². The maximum atomic E-state index is 11.8. The van der Waals surface area contributed by atoms with Gasteiger partial charge in [-0.15, -0.1) is 0 Å². The molecule has 0 heterocycles. The summed E-state index contributed by atoms with van der Waals surface area (Å²) in [6.07, 6.45) is 1.29. The molecule has 0 bridgehead atoms. The molecule has 0 saturated carbocycles. The largest absolute Gasteiger partial charge is 0.507 e. The third kappa shape index (κ3) is 3.23. The number of rotatable bonds is 5. The van der Waals surface area contributed by atoms with Crippen molar-refractivity contribution in [1.82, 2.24) is 5.32 Å². The van der Waals surface area contributed by atoms with Crippen LogP contribution in [0.25, 0.3) is 10.8 Å². The highest BCUT2D eigenvalue weighted by molar-refractivity contribution is 6.03. The van der Waals surface area contributed by atoms with Crippen molar-refractivity contribution in [1.29, 1.82) is 0 Å². The van der Waals surface area contributed by atoms with Crippen LogP contribution in [-0.2, 0) is 4.79 Å². The van der Waals surface area contributed by atoms with Gasteiger partial charge in [0.05, 0.1) is 0 Å². The molecule has 2 rings (SSSR count). The molecule has 1 amide bonds. The number of amides is 1. The third-order valence-electron chi connectivity index (χ3n) is 3.00. The first kappa shape index (κ1) is 13.4. The van der Waals surface area contributed by atoms with Gasteiger partial charge in [0.1, 0.15) is 5.75 Å². The minimum absolute atomic E-state index is 0.00825. The average Bonchev–Trinajstić information content (AvgIpc) is 2.40. The Morgan fingerprint density at radius 3 is 2.68 bits per heavy atom. The van der Waals surface area contributed by atoms with Gasteiger partial charge in [-0.1, -0.05) is 24.3 Å². The SMILES string of the molecule is CNCCCC(=O)Nc1cccc2c(O)cccc12. The summed E-state index contributed by atoms with van der Waals surface area (Å²) in [7, 11) is 1.87. The molecular formula is C15H18N2O2. The molecule has 100 valence electrons. The Balaban J connectivity index is 2.17. The van der Waals surface area contributed by atoms with E-state index in [1.165, 1.54) is 0 Å².